The van der Waals surface area contributed by atoms with Gasteiger partial charge in [-0.05, 0) is 36.8 Å². The molecular formula is C14H17N3O. The van der Waals surface area contributed by atoms with E-state index in [0.29, 0.717) is 5.69 Å². The molecule has 1 aromatic heterocycles. The van der Waals surface area contributed by atoms with Crippen LogP contribution in [0.5, 0.6) is 0 Å². The van der Waals surface area contributed by atoms with Crippen molar-refractivity contribution in [3.05, 3.63) is 18.2 Å². The van der Waals surface area contributed by atoms with Crippen LogP contribution in [0.25, 0.3) is 11.1 Å². The Bertz CT molecular complexity index is 580. The summed E-state index contributed by atoms with van der Waals surface area (Å²) in [5, 5.41) is 0. The lowest BCUT2D eigenvalue weighted by Crippen LogP contribution is -2.20. The molecule has 2 fully saturated rings. The quantitative estimate of drug-likeness (QED) is 0.782. The fraction of sp³-hybridized carbons (Fsp3) is 0.500. The Morgan fingerprint density at radius 2 is 2.00 bits per heavy atom. The van der Waals surface area contributed by atoms with E-state index in [1.54, 1.807) is 0 Å². The number of aromatic nitrogens is 1. The van der Waals surface area contributed by atoms with Gasteiger partial charge in [-0.25, -0.2) is 0 Å². The Morgan fingerprint density at radius 1 is 1.22 bits per heavy atom. The van der Waals surface area contributed by atoms with Crippen molar-refractivity contribution in [1.82, 2.24) is 4.98 Å². The average Bonchev–Trinajstić information content (AvgIpc) is 3.01. The lowest BCUT2D eigenvalue weighted by Gasteiger charge is -2.13. The number of hydrogen-bond acceptors (Lipinski definition) is 4. The van der Waals surface area contributed by atoms with Gasteiger partial charge in [0.05, 0.1) is 5.69 Å². The highest BCUT2D eigenvalue weighted by Crippen LogP contribution is 2.40. The highest BCUT2D eigenvalue weighted by atomic mass is 16.4. The molecule has 2 heterocycles. The maximum absolute atomic E-state index is 5.92. The predicted octanol–water partition coefficient (Wildman–Crippen LogP) is 2.65. The topological polar surface area (TPSA) is 55.3 Å². The van der Waals surface area contributed by atoms with Crippen LogP contribution in [0.4, 0.5) is 11.7 Å². The summed E-state index contributed by atoms with van der Waals surface area (Å²) in [7, 11) is 0. The second-order valence-corrected chi connectivity index (χ2v) is 5.55. The number of rotatable bonds is 1. The van der Waals surface area contributed by atoms with E-state index in [2.05, 4.69) is 9.88 Å². The molecule has 2 aromatic rings. The van der Waals surface area contributed by atoms with Gasteiger partial charge in [0, 0.05) is 13.1 Å². The zero-order valence-corrected chi connectivity index (χ0v) is 10.3. The van der Waals surface area contributed by atoms with E-state index in [9.17, 15) is 0 Å². The van der Waals surface area contributed by atoms with E-state index >= 15 is 0 Å². The van der Waals surface area contributed by atoms with Crippen LogP contribution < -0.4 is 10.6 Å². The van der Waals surface area contributed by atoms with Gasteiger partial charge in [-0.15, -0.1) is 0 Å². The van der Waals surface area contributed by atoms with Crippen molar-refractivity contribution in [1.29, 1.82) is 0 Å². The first kappa shape index (κ1) is 10.2. The van der Waals surface area contributed by atoms with Crippen LogP contribution >= 0.6 is 0 Å². The minimum atomic E-state index is 0.696. The van der Waals surface area contributed by atoms with Gasteiger partial charge in [-0.2, -0.15) is 4.98 Å². The van der Waals surface area contributed by atoms with Crippen molar-refractivity contribution < 1.29 is 4.42 Å². The van der Waals surface area contributed by atoms with Gasteiger partial charge < -0.3 is 15.1 Å². The first-order valence-electron chi connectivity index (χ1n) is 6.71. The number of oxazole rings is 1. The standard InChI is InChI=1S/C14H17N3O/c15-11-5-2-6-12-13(11)16-14(18-12)17-7-9-3-1-4-10(9)8-17/h2,5-6,9-10H,1,3-4,7-8,15H2. The minimum Gasteiger partial charge on any atom is -0.423 e. The maximum Gasteiger partial charge on any atom is 0.298 e. The highest BCUT2D eigenvalue weighted by Gasteiger charge is 2.37. The fourth-order valence-corrected chi connectivity index (χ4v) is 3.48. The zero-order chi connectivity index (χ0) is 12.1. The lowest BCUT2D eigenvalue weighted by atomic mass is 10.0. The fourth-order valence-electron chi connectivity index (χ4n) is 3.48. The second-order valence-electron chi connectivity index (χ2n) is 5.55. The molecule has 1 saturated heterocycles. The summed E-state index contributed by atoms with van der Waals surface area (Å²) in [6, 6.07) is 6.45. The van der Waals surface area contributed by atoms with E-state index in [0.717, 1.165) is 42.0 Å². The second kappa shape index (κ2) is 3.64. The Morgan fingerprint density at radius 3 is 2.72 bits per heavy atom. The van der Waals surface area contributed by atoms with Crippen molar-refractivity contribution in [2.45, 2.75) is 19.3 Å². The van der Waals surface area contributed by atoms with Gasteiger partial charge in [0.25, 0.3) is 6.01 Å². The lowest BCUT2D eigenvalue weighted by molar-refractivity contribution is 0.494. The first-order valence-corrected chi connectivity index (χ1v) is 6.71. The predicted molar refractivity (Wildman–Crippen MR) is 71.5 cm³/mol. The van der Waals surface area contributed by atoms with E-state index < -0.39 is 0 Å². The molecule has 0 bridgehead atoms. The van der Waals surface area contributed by atoms with Crippen molar-refractivity contribution >= 4 is 22.8 Å². The molecule has 0 spiro atoms. The van der Waals surface area contributed by atoms with E-state index in [1.165, 1.54) is 19.3 Å². The summed E-state index contributed by atoms with van der Waals surface area (Å²) in [4.78, 5) is 6.84. The number of hydrogen-bond donors (Lipinski definition) is 1. The Balaban J connectivity index is 1.69. The number of anilines is 2. The molecule has 0 radical (unpaired) electrons. The third kappa shape index (κ3) is 1.41. The number of para-hydroxylation sites is 1. The molecule has 1 saturated carbocycles. The van der Waals surface area contributed by atoms with Gasteiger partial charge >= 0.3 is 0 Å². The molecule has 94 valence electrons. The van der Waals surface area contributed by atoms with Gasteiger partial charge in [-0.1, -0.05) is 12.5 Å². The minimum absolute atomic E-state index is 0.696. The highest BCUT2D eigenvalue weighted by molar-refractivity contribution is 5.86. The van der Waals surface area contributed by atoms with Crippen LogP contribution in [-0.2, 0) is 0 Å². The van der Waals surface area contributed by atoms with Gasteiger partial charge in [0.2, 0.25) is 0 Å². The van der Waals surface area contributed by atoms with Crippen molar-refractivity contribution in [3.8, 4) is 0 Å². The molecule has 4 nitrogen and oxygen atoms in total. The molecule has 1 aliphatic heterocycles. The third-order valence-electron chi connectivity index (χ3n) is 4.44. The van der Waals surface area contributed by atoms with Gasteiger partial charge in [-0.3, -0.25) is 0 Å². The molecule has 1 aliphatic carbocycles. The molecule has 4 rings (SSSR count). The number of benzene rings is 1. The van der Waals surface area contributed by atoms with E-state index in [1.807, 2.05) is 18.2 Å². The van der Waals surface area contributed by atoms with Crippen LogP contribution in [0.2, 0.25) is 0 Å². The van der Waals surface area contributed by atoms with E-state index in [-0.39, 0.29) is 0 Å². The monoisotopic (exact) mass is 243 g/mol. The van der Waals surface area contributed by atoms with Gasteiger partial charge in [0.1, 0.15) is 5.52 Å². The van der Waals surface area contributed by atoms with Gasteiger partial charge in [0.15, 0.2) is 5.58 Å². The van der Waals surface area contributed by atoms with Crippen molar-refractivity contribution in [3.63, 3.8) is 0 Å². The normalized spacial score (nSPS) is 27.0. The first-order chi connectivity index (χ1) is 8.81. The molecular weight excluding hydrogens is 226 g/mol. The Labute approximate surface area is 106 Å². The summed E-state index contributed by atoms with van der Waals surface area (Å²) in [5.41, 5.74) is 8.20. The van der Waals surface area contributed by atoms with E-state index in [4.69, 9.17) is 10.2 Å². The summed E-state index contributed by atoms with van der Waals surface area (Å²) >= 11 is 0. The molecule has 2 unspecified atom stereocenters. The van der Waals surface area contributed by atoms with Crippen LogP contribution in [0, 0.1) is 11.8 Å². The largest absolute Gasteiger partial charge is 0.423 e. The maximum atomic E-state index is 5.92. The molecule has 1 aromatic carbocycles. The smallest absolute Gasteiger partial charge is 0.298 e. The van der Waals surface area contributed by atoms with Crippen LogP contribution in [0.3, 0.4) is 0 Å². The molecule has 0 amide bonds. The number of nitrogen functional groups attached to an aromatic ring is 1. The van der Waals surface area contributed by atoms with Crippen LogP contribution in [-0.4, -0.2) is 18.1 Å². The Hall–Kier alpha value is -1.71. The molecule has 4 heteroatoms. The number of nitrogens with two attached hydrogens (primary N) is 1. The number of nitrogens with zero attached hydrogens (tertiary/aromatic N) is 2. The van der Waals surface area contributed by atoms with Crippen LogP contribution in [0.15, 0.2) is 22.6 Å². The zero-order valence-electron chi connectivity index (χ0n) is 10.3. The summed E-state index contributed by atoms with van der Waals surface area (Å²) < 4.78 is 5.83. The van der Waals surface area contributed by atoms with Crippen molar-refractivity contribution in [2.75, 3.05) is 23.7 Å². The Kier molecular flexibility index (Phi) is 2.07. The summed E-state index contributed by atoms with van der Waals surface area (Å²) in [6.45, 7) is 2.19. The summed E-state index contributed by atoms with van der Waals surface area (Å²) in [5.74, 6) is 1.69. The molecule has 2 atom stereocenters. The van der Waals surface area contributed by atoms with Crippen molar-refractivity contribution in [2.24, 2.45) is 11.8 Å². The van der Waals surface area contributed by atoms with Crippen LogP contribution in [0.1, 0.15) is 19.3 Å². The SMILES string of the molecule is Nc1cccc2oc(N3CC4CCCC4C3)nc12. The number of fused-ring (bicyclic) bond motifs is 2. The third-order valence-corrected chi connectivity index (χ3v) is 4.44. The molecule has 2 aliphatic rings. The molecule has 18 heavy (non-hydrogen) atoms. The summed E-state index contributed by atoms with van der Waals surface area (Å²) in [6.07, 6.45) is 4.12. The average molecular weight is 243 g/mol. The molecule has 2 N–H and O–H groups in total.